The number of fused-ring (bicyclic) bond motifs is 1. The van der Waals surface area contributed by atoms with Crippen molar-refractivity contribution in [1.29, 1.82) is 0 Å². The van der Waals surface area contributed by atoms with Gasteiger partial charge in [0, 0.05) is 13.0 Å². The van der Waals surface area contributed by atoms with E-state index < -0.39 is 12.1 Å². The second-order valence-electron chi connectivity index (χ2n) is 5.25. The van der Waals surface area contributed by atoms with Crippen LogP contribution in [0.3, 0.4) is 0 Å². The molecule has 3 rings (SSSR count). The number of aliphatic carboxylic acids is 1. The third kappa shape index (κ3) is 3.00. The number of hydrogen-bond donors (Lipinski definition) is 1. The zero-order chi connectivity index (χ0) is 14.8. The molecule has 0 saturated carbocycles. The van der Waals surface area contributed by atoms with Gasteiger partial charge in [0.1, 0.15) is 5.75 Å². The Balaban J connectivity index is 1.64. The molecule has 0 aromatic heterocycles. The first-order chi connectivity index (χ1) is 10.1. The number of benzene rings is 1. The number of hydrogen-bond acceptors (Lipinski definition) is 4. The van der Waals surface area contributed by atoms with E-state index in [1.807, 2.05) is 18.2 Å². The normalized spacial score (nSPS) is 20.8. The highest BCUT2D eigenvalue weighted by Gasteiger charge is 2.29. The van der Waals surface area contributed by atoms with Crippen molar-refractivity contribution in [3.05, 3.63) is 29.3 Å². The van der Waals surface area contributed by atoms with Crippen LogP contribution >= 0.6 is 0 Å². The summed E-state index contributed by atoms with van der Waals surface area (Å²) in [4.78, 5) is 24.8. The van der Waals surface area contributed by atoms with Crippen LogP contribution in [0.15, 0.2) is 18.2 Å². The Bertz CT molecular complexity index is 571. The number of morpholine rings is 1. The highest BCUT2D eigenvalue weighted by Crippen LogP contribution is 2.26. The van der Waals surface area contributed by atoms with Crippen LogP contribution in [0.25, 0.3) is 0 Å². The number of carboxylic acid groups (broad SMARTS) is 1. The summed E-state index contributed by atoms with van der Waals surface area (Å²) in [6, 6.07) is 5.77. The van der Waals surface area contributed by atoms with Crippen LogP contribution < -0.4 is 4.74 Å². The van der Waals surface area contributed by atoms with Crippen LogP contribution in [0.2, 0.25) is 0 Å². The molecule has 1 aromatic carbocycles. The molecule has 112 valence electrons. The maximum atomic E-state index is 12.3. The molecule has 1 amide bonds. The molecule has 1 N–H and O–H groups in total. The van der Waals surface area contributed by atoms with Crippen LogP contribution in [0.1, 0.15) is 11.1 Å². The van der Waals surface area contributed by atoms with Crippen LogP contribution in [0, 0.1) is 0 Å². The van der Waals surface area contributed by atoms with Gasteiger partial charge in [0.05, 0.1) is 26.2 Å². The summed E-state index contributed by atoms with van der Waals surface area (Å²) in [7, 11) is 0. The number of carbonyl (C=O) groups is 2. The summed E-state index contributed by atoms with van der Waals surface area (Å²) in [6.45, 7) is 1.51. The van der Waals surface area contributed by atoms with Gasteiger partial charge in [-0.15, -0.1) is 0 Å². The molecule has 2 aliphatic rings. The lowest BCUT2D eigenvalue weighted by molar-refractivity contribution is -0.159. The summed E-state index contributed by atoms with van der Waals surface area (Å²) in [5.74, 6) is -0.200. The Hall–Kier alpha value is -2.08. The quantitative estimate of drug-likeness (QED) is 0.876. The van der Waals surface area contributed by atoms with E-state index in [9.17, 15) is 9.59 Å². The van der Waals surface area contributed by atoms with Crippen molar-refractivity contribution in [2.75, 3.05) is 26.3 Å². The third-order valence-electron chi connectivity index (χ3n) is 3.80. The van der Waals surface area contributed by atoms with Crippen molar-refractivity contribution >= 4 is 11.9 Å². The minimum atomic E-state index is -1.03. The van der Waals surface area contributed by atoms with E-state index in [2.05, 4.69) is 0 Å². The Morgan fingerprint density at radius 3 is 3.00 bits per heavy atom. The molecule has 0 spiro atoms. The lowest BCUT2D eigenvalue weighted by Gasteiger charge is -2.31. The number of carbonyl (C=O) groups excluding carboxylic acids is 1. The molecule has 1 saturated heterocycles. The Morgan fingerprint density at radius 1 is 1.33 bits per heavy atom. The Morgan fingerprint density at radius 2 is 2.19 bits per heavy atom. The van der Waals surface area contributed by atoms with Crippen LogP contribution in [-0.2, 0) is 27.2 Å². The molecular formula is C15H17NO5. The highest BCUT2D eigenvalue weighted by atomic mass is 16.5. The van der Waals surface area contributed by atoms with Gasteiger partial charge < -0.3 is 19.5 Å². The number of amides is 1. The standard InChI is InChI=1S/C15H17NO5/c17-14(16-4-6-21-13(9-16)15(18)19)8-10-1-2-12-11(7-10)3-5-20-12/h1-2,7,13H,3-6,8-9H2,(H,18,19). The van der Waals surface area contributed by atoms with Crippen molar-refractivity contribution in [2.24, 2.45) is 0 Å². The second kappa shape index (κ2) is 5.73. The second-order valence-corrected chi connectivity index (χ2v) is 5.25. The molecule has 1 aromatic rings. The van der Waals surface area contributed by atoms with Crippen molar-refractivity contribution in [2.45, 2.75) is 18.9 Å². The molecule has 2 heterocycles. The Labute approximate surface area is 122 Å². The van der Waals surface area contributed by atoms with Gasteiger partial charge >= 0.3 is 5.97 Å². The molecule has 0 aliphatic carbocycles. The topological polar surface area (TPSA) is 76.1 Å². The van der Waals surface area contributed by atoms with Crippen molar-refractivity contribution in [1.82, 2.24) is 4.90 Å². The molecule has 1 fully saturated rings. The number of carboxylic acids is 1. The van der Waals surface area contributed by atoms with Crippen molar-refractivity contribution in [3.63, 3.8) is 0 Å². The van der Waals surface area contributed by atoms with Crippen LogP contribution in [0.5, 0.6) is 5.75 Å². The average Bonchev–Trinajstić information content (AvgIpc) is 2.95. The molecule has 6 nitrogen and oxygen atoms in total. The van der Waals surface area contributed by atoms with Crippen LogP contribution in [0.4, 0.5) is 0 Å². The fraction of sp³-hybridized carbons (Fsp3) is 0.467. The fourth-order valence-corrected chi connectivity index (χ4v) is 2.66. The number of ether oxygens (including phenoxy) is 2. The highest BCUT2D eigenvalue weighted by molar-refractivity contribution is 5.80. The van der Waals surface area contributed by atoms with Gasteiger partial charge in [-0.2, -0.15) is 0 Å². The van der Waals surface area contributed by atoms with Gasteiger partial charge in [-0.1, -0.05) is 12.1 Å². The summed E-state index contributed by atoms with van der Waals surface area (Å²) >= 11 is 0. The van der Waals surface area contributed by atoms with Crippen molar-refractivity contribution in [3.8, 4) is 5.75 Å². The smallest absolute Gasteiger partial charge is 0.334 e. The van der Waals surface area contributed by atoms with E-state index >= 15 is 0 Å². The first kappa shape index (κ1) is 13.9. The maximum absolute atomic E-state index is 12.3. The van der Waals surface area contributed by atoms with Gasteiger partial charge in [-0.05, 0) is 17.2 Å². The molecule has 2 aliphatic heterocycles. The predicted octanol–water partition coefficient (Wildman–Crippen LogP) is 0.476. The molecule has 0 radical (unpaired) electrons. The lowest BCUT2D eigenvalue weighted by atomic mass is 10.1. The summed E-state index contributed by atoms with van der Waals surface area (Å²) in [6.07, 6.45) is 0.228. The molecule has 0 bridgehead atoms. The van der Waals surface area contributed by atoms with Gasteiger partial charge in [0.25, 0.3) is 0 Å². The van der Waals surface area contributed by atoms with Gasteiger partial charge in [-0.3, -0.25) is 4.79 Å². The van der Waals surface area contributed by atoms with E-state index in [4.69, 9.17) is 14.6 Å². The number of nitrogens with zero attached hydrogens (tertiary/aromatic N) is 1. The van der Waals surface area contributed by atoms with Crippen molar-refractivity contribution < 1.29 is 24.2 Å². The zero-order valence-electron chi connectivity index (χ0n) is 11.6. The molecular weight excluding hydrogens is 274 g/mol. The van der Waals surface area contributed by atoms with E-state index in [0.29, 0.717) is 13.2 Å². The largest absolute Gasteiger partial charge is 0.493 e. The summed E-state index contributed by atoms with van der Waals surface area (Å²) in [5, 5.41) is 8.96. The molecule has 21 heavy (non-hydrogen) atoms. The minimum Gasteiger partial charge on any atom is -0.493 e. The molecule has 1 unspecified atom stereocenters. The Kier molecular flexibility index (Phi) is 3.79. The third-order valence-corrected chi connectivity index (χ3v) is 3.80. The van der Waals surface area contributed by atoms with E-state index in [-0.39, 0.29) is 25.5 Å². The van der Waals surface area contributed by atoms with Crippen LogP contribution in [-0.4, -0.2) is 54.3 Å². The van der Waals surface area contributed by atoms with Gasteiger partial charge in [0.15, 0.2) is 6.10 Å². The summed E-state index contributed by atoms with van der Waals surface area (Å²) < 4.78 is 10.6. The van der Waals surface area contributed by atoms with E-state index in [1.165, 1.54) is 0 Å². The maximum Gasteiger partial charge on any atom is 0.334 e. The predicted molar refractivity (Wildman–Crippen MR) is 73.3 cm³/mol. The molecule has 1 atom stereocenters. The molecule has 6 heteroatoms. The average molecular weight is 291 g/mol. The zero-order valence-corrected chi connectivity index (χ0v) is 11.6. The first-order valence-corrected chi connectivity index (χ1v) is 7.00. The monoisotopic (exact) mass is 291 g/mol. The number of rotatable bonds is 3. The van der Waals surface area contributed by atoms with E-state index in [1.54, 1.807) is 4.90 Å². The van der Waals surface area contributed by atoms with Gasteiger partial charge in [-0.25, -0.2) is 4.79 Å². The van der Waals surface area contributed by atoms with Gasteiger partial charge in [0.2, 0.25) is 5.91 Å². The fourth-order valence-electron chi connectivity index (χ4n) is 2.66. The minimum absolute atomic E-state index is 0.0663. The van der Waals surface area contributed by atoms with E-state index in [0.717, 1.165) is 23.3 Å². The SMILES string of the molecule is O=C(O)C1CN(C(=O)Cc2ccc3c(c2)CCO3)CCO1. The lowest BCUT2D eigenvalue weighted by Crippen LogP contribution is -2.49. The first-order valence-electron chi connectivity index (χ1n) is 7.00. The summed E-state index contributed by atoms with van der Waals surface area (Å²) in [5.41, 5.74) is 2.06.